The van der Waals surface area contributed by atoms with Crippen molar-refractivity contribution >= 4 is 23.2 Å². The van der Waals surface area contributed by atoms with Crippen LogP contribution in [0, 0.1) is 12.8 Å². The van der Waals surface area contributed by atoms with Crippen LogP contribution in [-0.4, -0.2) is 45.3 Å². The second kappa shape index (κ2) is 7.35. The van der Waals surface area contributed by atoms with Gasteiger partial charge in [-0.2, -0.15) is 0 Å². The van der Waals surface area contributed by atoms with Gasteiger partial charge >= 0.3 is 0 Å². The van der Waals surface area contributed by atoms with Crippen LogP contribution in [0.25, 0.3) is 0 Å². The Hall–Kier alpha value is -1.54. The lowest BCUT2D eigenvalue weighted by Crippen LogP contribution is -2.53. The minimum absolute atomic E-state index is 0.167. The molecule has 0 spiro atoms. The summed E-state index contributed by atoms with van der Waals surface area (Å²) in [6, 6.07) is -0.174. The van der Waals surface area contributed by atoms with Crippen LogP contribution in [0.1, 0.15) is 54.3 Å². The summed E-state index contributed by atoms with van der Waals surface area (Å²) >= 11 is 1.23. The van der Waals surface area contributed by atoms with E-state index in [1.807, 2.05) is 6.92 Å². The summed E-state index contributed by atoms with van der Waals surface area (Å²) in [6.45, 7) is 5.81. The molecular weight excluding hydrogens is 316 g/mol. The first-order valence-electron chi connectivity index (χ1n) is 7.96. The van der Waals surface area contributed by atoms with Crippen LogP contribution < -0.4 is 10.6 Å². The van der Waals surface area contributed by atoms with E-state index in [1.165, 1.54) is 11.3 Å². The molecule has 2 amide bonds. The minimum Gasteiger partial charge on any atom is -0.389 e. The summed E-state index contributed by atoms with van der Waals surface area (Å²) < 4.78 is 0. The molecule has 0 saturated heterocycles. The molecule has 2 rings (SSSR count). The number of hydrogen-bond donors (Lipinski definition) is 3. The molecule has 1 fully saturated rings. The average Bonchev–Trinajstić information content (AvgIpc) is 2.94. The van der Waals surface area contributed by atoms with E-state index in [9.17, 15) is 14.7 Å². The number of aliphatic hydroxyl groups is 1. The Kier molecular flexibility index (Phi) is 5.69. The average molecular weight is 340 g/mol. The standard InChI is InChI=1S/C15H24N4O3S/c1-4-11(8-16-13(21)14-19-18-10(3)23-14)17-12(20)9(2)15(22)6-5-7-15/h9,11,22H,4-8H2,1-3H3,(H,16,21)(H,17,20)/t9?,11-/m1/s1. The van der Waals surface area contributed by atoms with Crippen LogP contribution in [-0.2, 0) is 4.79 Å². The molecule has 1 aliphatic rings. The van der Waals surface area contributed by atoms with Crippen molar-refractivity contribution in [2.75, 3.05) is 6.54 Å². The molecule has 1 saturated carbocycles. The molecule has 1 heterocycles. The number of aromatic nitrogens is 2. The molecular formula is C15H24N4O3S. The molecule has 0 bridgehead atoms. The topological polar surface area (TPSA) is 104 Å². The van der Waals surface area contributed by atoms with Crippen molar-refractivity contribution in [3.05, 3.63) is 10.0 Å². The number of rotatable bonds is 7. The summed E-state index contributed by atoms with van der Waals surface area (Å²) in [5.74, 6) is -0.888. The molecule has 7 nitrogen and oxygen atoms in total. The normalized spacial score (nSPS) is 18.6. The number of carbonyl (C=O) groups is 2. The van der Waals surface area contributed by atoms with Crippen molar-refractivity contribution in [1.82, 2.24) is 20.8 Å². The fourth-order valence-corrected chi connectivity index (χ4v) is 3.13. The zero-order valence-corrected chi connectivity index (χ0v) is 14.6. The molecule has 3 N–H and O–H groups in total. The fourth-order valence-electron chi connectivity index (χ4n) is 2.52. The zero-order chi connectivity index (χ0) is 17.0. The third-order valence-corrected chi connectivity index (χ3v) is 5.32. The van der Waals surface area contributed by atoms with Gasteiger partial charge < -0.3 is 15.7 Å². The van der Waals surface area contributed by atoms with Gasteiger partial charge in [-0.3, -0.25) is 9.59 Å². The molecule has 0 aromatic carbocycles. The lowest BCUT2D eigenvalue weighted by atomic mass is 9.71. The molecule has 8 heteroatoms. The van der Waals surface area contributed by atoms with Gasteiger partial charge in [0.2, 0.25) is 10.9 Å². The summed E-state index contributed by atoms with van der Waals surface area (Å²) in [6.07, 6.45) is 2.99. The van der Waals surface area contributed by atoms with Gasteiger partial charge in [-0.15, -0.1) is 10.2 Å². The lowest BCUT2D eigenvalue weighted by Gasteiger charge is -2.41. The maximum Gasteiger partial charge on any atom is 0.282 e. The Morgan fingerprint density at radius 3 is 2.57 bits per heavy atom. The smallest absolute Gasteiger partial charge is 0.282 e. The van der Waals surface area contributed by atoms with Crippen LogP contribution in [0.2, 0.25) is 0 Å². The first-order valence-corrected chi connectivity index (χ1v) is 8.78. The largest absolute Gasteiger partial charge is 0.389 e. The molecule has 1 aromatic rings. The third-order valence-electron chi connectivity index (χ3n) is 4.49. The van der Waals surface area contributed by atoms with E-state index >= 15 is 0 Å². The Bertz CT molecular complexity index is 571. The third kappa shape index (κ3) is 4.26. The summed E-state index contributed by atoms with van der Waals surface area (Å²) in [5, 5.41) is 24.6. The molecule has 128 valence electrons. The molecule has 23 heavy (non-hydrogen) atoms. The van der Waals surface area contributed by atoms with E-state index in [4.69, 9.17) is 0 Å². The molecule has 0 aliphatic heterocycles. The maximum atomic E-state index is 12.3. The number of hydrogen-bond acceptors (Lipinski definition) is 6. The van der Waals surface area contributed by atoms with E-state index in [-0.39, 0.29) is 17.9 Å². The Balaban J connectivity index is 1.82. The highest BCUT2D eigenvalue weighted by Crippen LogP contribution is 2.38. The van der Waals surface area contributed by atoms with Gasteiger partial charge in [0.1, 0.15) is 5.01 Å². The van der Waals surface area contributed by atoms with Crippen LogP contribution in [0.3, 0.4) is 0 Å². The van der Waals surface area contributed by atoms with Crippen molar-refractivity contribution < 1.29 is 14.7 Å². The predicted octanol–water partition coefficient (Wildman–Crippen LogP) is 1.02. The van der Waals surface area contributed by atoms with Gasteiger partial charge in [0.15, 0.2) is 0 Å². The second-order valence-corrected chi connectivity index (χ2v) is 7.31. The van der Waals surface area contributed by atoms with Crippen LogP contribution >= 0.6 is 11.3 Å². The summed E-state index contributed by atoms with van der Waals surface area (Å²) in [5.41, 5.74) is -0.865. The van der Waals surface area contributed by atoms with Gasteiger partial charge in [-0.25, -0.2) is 0 Å². The molecule has 0 radical (unpaired) electrons. The van der Waals surface area contributed by atoms with E-state index < -0.39 is 11.5 Å². The highest BCUT2D eigenvalue weighted by Gasteiger charge is 2.43. The van der Waals surface area contributed by atoms with Gasteiger partial charge in [0, 0.05) is 12.6 Å². The van der Waals surface area contributed by atoms with Gasteiger partial charge in [-0.05, 0) is 32.6 Å². The minimum atomic E-state index is -0.865. The summed E-state index contributed by atoms with van der Waals surface area (Å²) in [7, 11) is 0. The van der Waals surface area contributed by atoms with Crippen molar-refractivity contribution in [1.29, 1.82) is 0 Å². The molecule has 1 aromatic heterocycles. The van der Waals surface area contributed by atoms with E-state index in [2.05, 4.69) is 20.8 Å². The van der Waals surface area contributed by atoms with Crippen molar-refractivity contribution in [3.63, 3.8) is 0 Å². The van der Waals surface area contributed by atoms with Gasteiger partial charge in [0.25, 0.3) is 5.91 Å². The number of amides is 2. The quantitative estimate of drug-likeness (QED) is 0.687. The highest BCUT2D eigenvalue weighted by atomic mass is 32.1. The Morgan fingerprint density at radius 1 is 1.39 bits per heavy atom. The van der Waals surface area contributed by atoms with Crippen molar-refractivity contribution in [2.45, 2.75) is 58.1 Å². The van der Waals surface area contributed by atoms with Gasteiger partial charge in [0.05, 0.1) is 11.5 Å². The Morgan fingerprint density at radius 2 is 2.09 bits per heavy atom. The Labute approximate surface area is 139 Å². The SMILES string of the molecule is CC[C@H](CNC(=O)c1nnc(C)s1)NC(=O)C(C)C1(O)CCC1. The molecule has 1 aliphatic carbocycles. The number of nitrogens with one attached hydrogen (secondary N) is 2. The number of carbonyl (C=O) groups excluding carboxylic acids is 2. The van der Waals surface area contributed by atoms with Crippen LogP contribution in [0.15, 0.2) is 0 Å². The predicted molar refractivity (Wildman–Crippen MR) is 87.2 cm³/mol. The number of nitrogens with zero attached hydrogens (tertiary/aromatic N) is 2. The van der Waals surface area contributed by atoms with Crippen LogP contribution in [0.5, 0.6) is 0 Å². The monoisotopic (exact) mass is 340 g/mol. The van der Waals surface area contributed by atoms with Crippen molar-refractivity contribution in [3.8, 4) is 0 Å². The van der Waals surface area contributed by atoms with Crippen LogP contribution in [0.4, 0.5) is 0 Å². The first kappa shape index (κ1) is 17.8. The second-order valence-electron chi connectivity index (χ2n) is 6.13. The maximum absolute atomic E-state index is 12.3. The fraction of sp³-hybridized carbons (Fsp3) is 0.733. The van der Waals surface area contributed by atoms with E-state index in [1.54, 1.807) is 13.8 Å². The van der Waals surface area contributed by atoms with E-state index in [0.717, 1.165) is 11.4 Å². The number of aryl methyl sites for hydroxylation is 1. The summed E-state index contributed by atoms with van der Waals surface area (Å²) in [4.78, 5) is 24.2. The highest BCUT2D eigenvalue weighted by molar-refractivity contribution is 7.13. The van der Waals surface area contributed by atoms with Crippen molar-refractivity contribution in [2.24, 2.45) is 5.92 Å². The molecule has 1 unspecified atom stereocenters. The first-order chi connectivity index (χ1) is 10.9. The van der Waals surface area contributed by atoms with Gasteiger partial charge in [-0.1, -0.05) is 25.2 Å². The molecule has 2 atom stereocenters. The zero-order valence-electron chi connectivity index (χ0n) is 13.8. The lowest BCUT2D eigenvalue weighted by molar-refractivity contribution is -0.142. The van der Waals surface area contributed by atoms with E-state index in [0.29, 0.717) is 30.8 Å².